The van der Waals surface area contributed by atoms with E-state index in [4.69, 9.17) is 9.47 Å². The van der Waals surface area contributed by atoms with Gasteiger partial charge in [0.15, 0.2) is 7.92 Å². The van der Waals surface area contributed by atoms with Gasteiger partial charge < -0.3 is 30.7 Å². The molecule has 3 rings (SSSR count). The summed E-state index contributed by atoms with van der Waals surface area (Å²) in [5, 5.41) is 12.2. The Morgan fingerprint density at radius 1 is 0.872 bits per heavy atom. The van der Waals surface area contributed by atoms with E-state index in [2.05, 4.69) is 21.3 Å². The van der Waals surface area contributed by atoms with Gasteiger partial charge in [0, 0.05) is 6.04 Å². The van der Waals surface area contributed by atoms with Crippen LogP contribution in [0.5, 0.6) is 5.75 Å². The number of rotatable bonds is 20. The molecule has 9 nitrogen and oxygen atoms in total. The van der Waals surface area contributed by atoms with Crippen molar-refractivity contribution in [1.82, 2.24) is 21.3 Å². The number of amides is 1. The predicted molar refractivity (Wildman–Crippen MR) is 190 cm³/mol. The molecule has 3 unspecified atom stereocenters. The summed E-state index contributed by atoms with van der Waals surface area (Å²) in [5.74, 6) is 0.0401. The number of carbonyl (C=O) groups is 3. The lowest BCUT2D eigenvalue weighted by Crippen LogP contribution is -2.48. The van der Waals surface area contributed by atoms with Crippen LogP contribution < -0.4 is 26.0 Å². The van der Waals surface area contributed by atoms with Gasteiger partial charge in [-0.05, 0) is 93.3 Å². The molecule has 0 aliphatic carbocycles. The minimum absolute atomic E-state index is 0.0310. The van der Waals surface area contributed by atoms with E-state index < -0.39 is 31.5 Å². The van der Waals surface area contributed by atoms with E-state index in [0.29, 0.717) is 25.2 Å². The number of hydrogen-bond donors (Lipinski definition) is 4. The molecule has 0 saturated heterocycles. The van der Waals surface area contributed by atoms with Gasteiger partial charge in [0.2, 0.25) is 11.4 Å². The van der Waals surface area contributed by atoms with E-state index in [-0.39, 0.29) is 24.8 Å². The van der Waals surface area contributed by atoms with Crippen LogP contribution in [0.15, 0.2) is 72.8 Å². The highest BCUT2D eigenvalue weighted by Gasteiger charge is 2.25. The molecule has 0 aromatic heterocycles. The summed E-state index contributed by atoms with van der Waals surface area (Å²) in [7, 11) is 6.25. The van der Waals surface area contributed by atoms with Gasteiger partial charge in [-0.15, -0.1) is 0 Å². The van der Waals surface area contributed by atoms with E-state index in [0.717, 1.165) is 40.8 Å². The van der Waals surface area contributed by atoms with Crippen LogP contribution in [-0.4, -0.2) is 70.3 Å². The SMILES string of the molecule is CNCCC[C@H](NC)C(=O)NC(CC(=O)OC)Cc1cccc(-c2ccc(OCc3ccccc3)c(C[C@H](NC)C(=O)P(F)P)c2)c1. The van der Waals surface area contributed by atoms with Crippen molar-refractivity contribution in [3.8, 4) is 16.9 Å². The first kappa shape index (κ1) is 38.2. The predicted octanol–water partition coefficient (Wildman–Crippen LogP) is 4.92. The Bertz CT molecular complexity index is 1450. The van der Waals surface area contributed by atoms with Gasteiger partial charge in [-0.3, -0.25) is 14.4 Å². The monoisotopic (exact) mass is 684 g/mol. The fourth-order valence-electron chi connectivity index (χ4n) is 5.29. The minimum Gasteiger partial charge on any atom is -0.489 e. The van der Waals surface area contributed by atoms with Gasteiger partial charge in [-0.25, -0.2) is 4.20 Å². The van der Waals surface area contributed by atoms with Gasteiger partial charge >= 0.3 is 5.97 Å². The lowest BCUT2D eigenvalue weighted by molar-refractivity contribution is -0.141. The summed E-state index contributed by atoms with van der Waals surface area (Å²) < 4.78 is 25.2. The zero-order valence-corrected chi connectivity index (χ0v) is 29.6. The first-order chi connectivity index (χ1) is 22.7. The number of carbonyl (C=O) groups excluding carboxylic acids is 3. The van der Waals surface area contributed by atoms with Crippen LogP contribution in [0.2, 0.25) is 0 Å². The topological polar surface area (TPSA) is 118 Å². The second kappa shape index (κ2) is 20.2. The second-order valence-corrected chi connectivity index (χ2v) is 13.7. The van der Waals surface area contributed by atoms with Crippen LogP contribution in [0.1, 0.15) is 36.0 Å². The van der Waals surface area contributed by atoms with Crippen LogP contribution in [0.4, 0.5) is 4.20 Å². The maximum Gasteiger partial charge on any atom is 0.307 e. The maximum atomic E-state index is 14.1. The Morgan fingerprint density at radius 3 is 2.23 bits per heavy atom. The average molecular weight is 685 g/mol. The van der Waals surface area contributed by atoms with E-state index in [1.165, 1.54) is 7.11 Å². The molecular formula is C35H47FN4O5P2. The van der Waals surface area contributed by atoms with Crippen LogP contribution >= 0.6 is 16.8 Å². The maximum absolute atomic E-state index is 14.1. The first-order valence-electron chi connectivity index (χ1n) is 15.7. The van der Waals surface area contributed by atoms with E-state index in [9.17, 15) is 18.6 Å². The highest BCUT2D eigenvalue weighted by molar-refractivity contribution is 8.19. The van der Waals surface area contributed by atoms with Crippen molar-refractivity contribution < 1.29 is 28.1 Å². The number of likely N-dealkylation sites (N-methyl/N-ethyl adjacent to an activating group) is 2. The third-order valence-electron chi connectivity index (χ3n) is 7.89. The number of hydrogen-bond acceptors (Lipinski definition) is 8. The largest absolute Gasteiger partial charge is 0.489 e. The Morgan fingerprint density at radius 2 is 1.57 bits per heavy atom. The van der Waals surface area contributed by atoms with Crippen molar-refractivity contribution in [1.29, 1.82) is 0 Å². The van der Waals surface area contributed by atoms with Crippen LogP contribution in [0, 0.1) is 0 Å². The van der Waals surface area contributed by atoms with Crippen molar-refractivity contribution in [2.24, 2.45) is 0 Å². The normalized spacial score (nSPS) is 13.7. The number of methoxy groups -OCH3 is 1. The molecule has 47 heavy (non-hydrogen) atoms. The molecule has 0 fully saturated rings. The lowest BCUT2D eigenvalue weighted by Gasteiger charge is -2.22. The highest BCUT2D eigenvalue weighted by Crippen LogP contribution is 2.48. The molecule has 1 amide bonds. The first-order valence-corrected chi connectivity index (χ1v) is 18.5. The Kier molecular flexibility index (Phi) is 16.4. The molecule has 0 radical (unpaired) electrons. The minimum atomic E-state index is -2.34. The molecule has 12 heteroatoms. The molecule has 3 aromatic rings. The van der Waals surface area contributed by atoms with Gasteiger partial charge in [0.1, 0.15) is 12.4 Å². The molecule has 3 aromatic carbocycles. The molecule has 0 aliphatic heterocycles. The number of ether oxygens (including phenoxy) is 2. The summed E-state index contributed by atoms with van der Waals surface area (Å²) in [6.07, 6.45) is 2.17. The summed E-state index contributed by atoms with van der Waals surface area (Å²) in [4.78, 5) is 38.1. The third kappa shape index (κ3) is 12.4. The molecule has 0 spiro atoms. The van der Waals surface area contributed by atoms with Gasteiger partial charge in [-0.1, -0.05) is 69.6 Å². The fraction of sp³-hybridized carbons (Fsp3) is 0.400. The summed E-state index contributed by atoms with van der Waals surface area (Å²) in [6.45, 7) is 1.14. The van der Waals surface area contributed by atoms with Crippen molar-refractivity contribution >= 4 is 34.3 Å². The van der Waals surface area contributed by atoms with E-state index in [1.54, 1.807) is 14.1 Å². The number of halogens is 1. The number of benzene rings is 3. The molecule has 5 atom stereocenters. The molecule has 0 saturated carbocycles. The third-order valence-corrected chi connectivity index (χ3v) is 9.39. The number of esters is 1. The van der Waals surface area contributed by atoms with E-state index in [1.807, 2.05) is 88.8 Å². The summed E-state index contributed by atoms with van der Waals surface area (Å²) in [5.41, 5.74) is 4.00. The summed E-state index contributed by atoms with van der Waals surface area (Å²) >= 11 is 0. The number of nitrogens with one attached hydrogen (secondary N) is 4. The fourth-order valence-corrected chi connectivity index (χ4v) is 6.35. The van der Waals surface area contributed by atoms with Gasteiger partial charge in [0.25, 0.3) is 0 Å². The highest BCUT2D eigenvalue weighted by atomic mass is 32.0. The Labute approximate surface area is 281 Å². The smallest absolute Gasteiger partial charge is 0.307 e. The average Bonchev–Trinajstić information content (AvgIpc) is 3.08. The summed E-state index contributed by atoms with van der Waals surface area (Å²) in [6, 6.07) is 21.9. The van der Waals surface area contributed by atoms with E-state index >= 15 is 0 Å². The van der Waals surface area contributed by atoms with Crippen LogP contribution in [0.3, 0.4) is 0 Å². The standard InChI is InChI=1S/C35H47FN4O5P2/c1-37-17-9-14-30(38-2)34(42)40-29(22-33(41)44-4)19-25-12-8-13-26(18-25)27-15-16-32(45-23-24-10-6-5-7-11-24)28(20-27)21-31(39-3)35(43)47(36)46/h5-8,10-13,15-16,18,20,29-31,37-39H,9,14,17,19,21-23,46H2,1-4H3,(H,40,42)/t29?,30-,31-,47?/m0/s1. The van der Waals surface area contributed by atoms with Gasteiger partial charge in [-0.2, -0.15) is 0 Å². The van der Waals surface area contributed by atoms with Crippen LogP contribution in [0.25, 0.3) is 11.1 Å². The lowest BCUT2D eigenvalue weighted by atomic mass is 9.95. The quantitative estimate of drug-likeness (QED) is 0.0753. The van der Waals surface area contributed by atoms with Crippen molar-refractivity contribution in [2.75, 3.05) is 34.8 Å². The van der Waals surface area contributed by atoms with Gasteiger partial charge in [0.05, 0.1) is 25.6 Å². The molecule has 4 N–H and O–H groups in total. The van der Waals surface area contributed by atoms with Crippen molar-refractivity contribution in [3.63, 3.8) is 0 Å². The second-order valence-electron chi connectivity index (χ2n) is 11.3. The molecular weight excluding hydrogens is 637 g/mol. The Balaban J connectivity index is 1.88. The molecule has 254 valence electrons. The molecule has 0 aliphatic rings. The van der Waals surface area contributed by atoms with Crippen LogP contribution in [-0.2, 0) is 38.6 Å². The Hall–Kier alpha value is -3.26. The molecule has 0 heterocycles. The van der Waals surface area contributed by atoms with Crippen molar-refractivity contribution in [2.45, 2.75) is 56.8 Å². The van der Waals surface area contributed by atoms with Crippen molar-refractivity contribution in [3.05, 3.63) is 89.5 Å². The zero-order chi connectivity index (χ0) is 34.2. The molecule has 0 bridgehead atoms. The zero-order valence-electron chi connectivity index (χ0n) is 27.6.